The lowest BCUT2D eigenvalue weighted by molar-refractivity contribution is -0.116. The van der Waals surface area contributed by atoms with E-state index in [1.165, 1.54) is 10.6 Å². The number of benzene rings is 3. The molecule has 0 bridgehead atoms. The molecule has 0 unspecified atom stereocenters. The fourth-order valence-corrected chi connectivity index (χ4v) is 4.79. The van der Waals surface area contributed by atoms with E-state index in [1.54, 1.807) is 24.3 Å². The number of aromatic nitrogens is 1. The monoisotopic (exact) mass is 488 g/mol. The maximum Gasteiger partial charge on any atom is 0.244 e. The number of pyridine rings is 1. The Morgan fingerprint density at radius 2 is 1.58 bits per heavy atom. The molecule has 10 heteroatoms. The average molecular weight is 489 g/mol. The summed E-state index contributed by atoms with van der Waals surface area (Å²) in [4.78, 5) is 24.6. The summed E-state index contributed by atoms with van der Waals surface area (Å²) in [5.41, 5.74) is -0.297. The van der Waals surface area contributed by atoms with Gasteiger partial charge in [0.05, 0.1) is 10.4 Å². The number of hydrogen-bond acceptors (Lipinski definition) is 4. The van der Waals surface area contributed by atoms with Crippen LogP contribution in [0.4, 0.5) is 14.5 Å². The molecule has 33 heavy (non-hydrogen) atoms. The number of fused-ring (bicyclic) bond motifs is 1. The van der Waals surface area contributed by atoms with Crippen LogP contribution in [0.25, 0.3) is 10.9 Å². The van der Waals surface area contributed by atoms with E-state index < -0.39 is 37.7 Å². The van der Waals surface area contributed by atoms with Crippen LogP contribution in [-0.4, -0.2) is 18.9 Å². The summed E-state index contributed by atoms with van der Waals surface area (Å²) in [5, 5.41) is 2.92. The minimum Gasteiger partial charge on any atom is -0.336 e. The Labute approximate surface area is 192 Å². The van der Waals surface area contributed by atoms with Gasteiger partial charge in [0, 0.05) is 22.3 Å². The fraction of sp³-hybridized carbons (Fsp3) is 0.0435. The minimum absolute atomic E-state index is 0.172. The summed E-state index contributed by atoms with van der Waals surface area (Å²) in [6, 6.07) is 13.6. The van der Waals surface area contributed by atoms with Gasteiger partial charge in [-0.25, -0.2) is 17.2 Å². The second-order valence-corrected chi connectivity index (χ2v) is 9.48. The quantitative estimate of drug-likeness (QED) is 0.422. The average Bonchev–Trinajstić information content (AvgIpc) is 2.77. The van der Waals surface area contributed by atoms with Gasteiger partial charge in [0.15, 0.2) is 0 Å². The number of sulfone groups is 1. The second-order valence-electron chi connectivity index (χ2n) is 7.12. The Kier molecular flexibility index (Phi) is 6.01. The van der Waals surface area contributed by atoms with Gasteiger partial charge < -0.3 is 9.88 Å². The number of anilines is 1. The van der Waals surface area contributed by atoms with Crippen LogP contribution in [0.3, 0.4) is 0 Å². The van der Waals surface area contributed by atoms with Gasteiger partial charge in [0.25, 0.3) is 0 Å². The van der Waals surface area contributed by atoms with Crippen molar-refractivity contribution in [3.63, 3.8) is 0 Å². The molecule has 1 N–H and O–H groups in total. The molecule has 1 aromatic heterocycles. The van der Waals surface area contributed by atoms with Gasteiger partial charge in [-0.05, 0) is 66.7 Å². The van der Waals surface area contributed by atoms with Gasteiger partial charge in [-0.15, -0.1) is 0 Å². The predicted octanol–water partition coefficient (Wildman–Crippen LogP) is 4.40. The number of rotatable bonds is 5. The summed E-state index contributed by atoms with van der Waals surface area (Å²) in [6.45, 7) is -0.364. The number of nitrogens with one attached hydrogen (secondary N) is 1. The lowest BCUT2D eigenvalue weighted by atomic mass is 10.2. The van der Waals surface area contributed by atoms with E-state index in [0.717, 1.165) is 42.6 Å². The van der Waals surface area contributed by atoms with Gasteiger partial charge in [0.1, 0.15) is 23.1 Å². The van der Waals surface area contributed by atoms with Crippen molar-refractivity contribution in [3.05, 3.63) is 99.8 Å². The molecule has 4 aromatic rings. The highest BCUT2D eigenvalue weighted by Crippen LogP contribution is 2.22. The molecule has 0 aliphatic heterocycles. The predicted molar refractivity (Wildman–Crippen MR) is 120 cm³/mol. The summed E-state index contributed by atoms with van der Waals surface area (Å²) in [6.07, 6.45) is 1.03. The molecule has 0 saturated heterocycles. The van der Waals surface area contributed by atoms with Crippen molar-refractivity contribution >= 4 is 43.9 Å². The molecule has 0 aliphatic rings. The molecule has 3 aromatic carbocycles. The summed E-state index contributed by atoms with van der Waals surface area (Å²) in [7, 11) is -4.38. The van der Waals surface area contributed by atoms with E-state index in [4.69, 9.17) is 11.6 Å². The van der Waals surface area contributed by atoms with E-state index in [2.05, 4.69) is 5.32 Å². The molecular weight excluding hydrogens is 474 g/mol. The maximum atomic E-state index is 13.9. The molecule has 1 heterocycles. The molecule has 168 valence electrons. The Morgan fingerprint density at radius 1 is 0.939 bits per heavy atom. The lowest BCUT2D eigenvalue weighted by Crippen LogP contribution is -2.24. The Balaban J connectivity index is 1.81. The van der Waals surface area contributed by atoms with Gasteiger partial charge in [-0.2, -0.15) is 0 Å². The van der Waals surface area contributed by atoms with E-state index >= 15 is 0 Å². The molecule has 0 aliphatic carbocycles. The molecule has 0 atom stereocenters. The van der Waals surface area contributed by atoms with Crippen LogP contribution in [0.1, 0.15) is 0 Å². The van der Waals surface area contributed by atoms with Gasteiger partial charge >= 0.3 is 0 Å². The normalized spacial score (nSPS) is 11.5. The standard InChI is InChI=1S/C23H15ClF2N2O4S/c24-14-1-6-17(7-2-14)27-22(29)13-28-12-21(23(30)19-11-16(26)5-10-20(19)28)33(31,32)18-8-3-15(25)4-9-18/h1-12H,13H2,(H,27,29). The van der Waals surface area contributed by atoms with Crippen molar-refractivity contribution in [2.75, 3.05) is 5.32 Å². The van der Waals surface area contributed by atoms with Crippen molar-refractivity contribution in [1.82, 2.24) is 4.57 Å². The molecule has 0 fully saturated rings. The van der Waals surface area contributed by atoms with Gasteiger partial charge in [-0.1, -0.05) is 11.6 Å². The van der Waals surface area contributed by atoms with Crippen LogP contribution >= 0.6 is 11.6 Å². The number of carbonyl (C=O) groups excluding carboxylic acids is 1. The van der Waals surface area contributed by atoms with Gasteiger partial charge in [-0.3, -0.25) is 9.59 Å². The van der Waals surface area contributed by atoms with Gasteiger partial charge in [0.2, 0.25) is 21.2 Å². The third kappa shape index (κ3) is 4.64. The first-order chi connectivity index (χ1) is 15.6. The summed E-state index contributed by atoms with van der Waals surface area (Å²) >= 11 is 5.84. The Hall–Kier alpha value is -3.56. The van der Waals surface area contributed by atoms with Crippen LogP contribution in [0, 0.1) is 11.6 Å². The second kappa shape index (κ2) is 8.76. The fourth-order valence-electron chi connectivity index (χ4n) is 3.29. The number of nitrogens with zero attached hydrogens (tertiary/aromatic N) is 1. The lowest BCUT2D eigenvalue weighted by Gasteiger charge is -2.14. The molecule has 0 saturated carbocycles. The molecular formula is C23H15ClF2N2O4S. The van der Waals surface area contributed by atoms with Crippen molar-refractivity contribution in [1.29, 1.82) is 0 Å². The van der Waals surface area contributed by atoms with Crippen molar-refractivity contribution in [2.24, 2.45) is 0 Å². The Bertz CT molecular complexity index is 1530. The van der Waals surface area contributed by atoms with Crippen LogP contribution in [-0.2, 0) is 21.2 Å². The molecule has 0 spiro atoms. The van der Waals surface area contributed by atoms with Crippen LogP contribution in [0.5, 0.6) is 0 Å². The zero-order valence-corrected chi connectivity index (χ0v) is 18.3. The molecule has 1 amide bonds. The van der Waals surface area contributed by atoms with Crippen molar-refractivity contribution in [3.8, 4) is 0 Å². The number of carbonyl (C=O) groups is 1. The first kappa shape index (κ1) is 22.6. The maximum absolute atomic E-state index is 13.9. The molecule has 6 nitrogen and oxygen atoms in total. The highest BCUT2D eigenvalue weighted by molar-refractivity contribution is 7.91. The Morgan fingerprint density at radius 3 is 2.24 bits per heavy atom. The summed E-state index contributed by atoms with van der Waals surface area (Å²) < 4.78 is 54.6. The van der Waals surface area contributed by atoms with E-state index in [-0.39, 0.29) is 22.3 Å². The number of halogens is 3. The number of hydrogen-bond donors (Lipinski definition) is 1. The SMILES string of the molecule is O=C(Cn1cc(S(=O)(=O)c2ccc(F)cc2)c(=O)c2cc(F)ccc21)Nc1ccc(Cl)cc1. The van der Waals surface area contributed by atoms with Crippen molar-refractivity contribution in [2.45, 2.75) is 16.3 Å². The van der Waals surface area contributed by atoms with Crippen LogP contribution in [0.15, 0.2) is 87.5 Å². The smallest absolute Gasteiger partial charge is 0.244 e. The summed E-state index contributed by atoms with van der Waals surface area (Å²) in [5.74, 6) is -1.91. The first-order valence-electron chi connectivity index (χ1n) is 9.54. The zero-order chi connectivity index (χ0) is 23.8. The van der Waals surface area contributed by atoms with E-state index in [1.807, 2.05) is 0 Å². The van der Waals surface area contributed by atoms with E-state index in [9.17, 15) is 26.8 Å². The van der Waals surface area contributed by atoms with Crippen LogP contribution in [0.2, 0.25) is 5.02 Å². The zero-order valence-electron chi connectivity index (χ0n) is 16.8. The highest BCUT2D eigenvalue weighted by atomic mass is 35.5. The third-order valence-electron chi connectivity index (χ3n) is 4.86. The highest BCUT2D eigenvalue weighted by Gasteiger charge is 2.24. The van der Waals surface area contributed by atoms with Crippen LogP contribution < -0.4 is 10.7 Å². The topological polar surface area (TPSA) is 85.2 Å². The van der Waals surface area contributed by atoms with E-state index in [0.29, 0.717) is 10.7 Å². The first-order valence-corrected chi connectivity index (χ1v) is 11.4. The molecule has 0 radical (unpaired) electrons. The number of amides is 1. The minimum atomic E-state index is -4.38. The third-order valence-corrected chi connectivity index (χ3v) is 6.88. The molecule has 4 rings (SSSR count). The largest absolute Gasteiger partial charge is 0.336 e. The van der Waals surface area contributed by atoms with Crippen molar-refractivity contribution < 1.29 is 22.0 Å².